The molecule has 0 aliphatic heterocycles. The van der Waals surface area contributed by atoms with Crippen molar-refractivity contribution in [2.75, 3.05) is 6.61 Å². The van der Waals surface area contributed by atoms with E-state index in [-0.39, 0.29) is 6.61 Å². The van der Waals surface area contributed by atoms with Gasteiger partial charge in [-0.25, -0.2) is 9.18 Å². The van der Waals surface area contributed by atoms with E-state index in [1.807, 2.05) is 0 Å². The van der Waals surface area contributed by atoms with Crippen LogP contribution in [0.15, 0.2) is 24.3 Å². The van der Waals surface area contributed by atoms with E-state index in [9.17, 15) is 9.18 Å². The van der Waals surface area contributed by atoms with Crippen LogP contribution in [-0.2, 0) is 15.2 Å². The molecule has 1 aromatic carbocycles. The maximum Gasteiger partial charge on any atom is 0.348 e. The molecule has 0 amide bonds. The predicted molar refractivity (Wildman–Crippen MR) is 56.3 cm³/mol. The molecule has 0 radical (unpaired) electrons. The summed E-state index contributed by atoms with van der Waals surface area (Å²) < 4.78 is 18.9. The number of carbonyl (C=O) groups is 1. The van der Waals surface area contributed by atoms with Gasteiger partial charge in [0.15, 0.2) is 0 Å². The smallest absolute Gasteiger partial charge is 0.348 e. The topological polar surface area (TPSA) is 26.3 Å². The zero-order chi connectivity index (χ0) is 11.5. The van der Waals surface area contributed by atoms with Crippen molar-refractivity contribution in [1.29, 1.82) is 0 Å². The van der Waals surface area contributed by atoms with Gasteiger partial charge in [-0.15, -0.1) is 0 Å². The highest BCUT2D eigenvalue weighted by Crippen LogP contribution is 2.29. The number of ether oxygens (including phenoxy) is 1. The molecular weight excluding hydrogens is 195 g/mol. The fraction of sp³-hybridized carbons (Fsp3) is 0.417. The molecule has 0 aliphatic rings. The van der Waals surface area contributed by atoms with Gasteiger partial charge in [0.1, 0.15) is 0 Å². The lowest BCUT2D eigenvalue weighted by Gasteiger charge is -2.20. The summed E-state index contributed by atoms with van der Waals surface area (Å²) in [5.41, 5.74) is -0.958. The summed E-state index contributed by atoms with van der Waals surface area (Å²) in [6.45, 7) is 4.84. The summed E-state index contributed by atoms with van der Waals surface area (Å²) in [6.07, 6.45) is 0. The Kier molecular flexibility index (Phi) is 3.45. The van der Waals surface area contributed by atoms with Crippen LogP contribution in [-0.4, -0.2) is 12.6 Å². The molecule has 15 heavy (non-hydrogen) atoms. The summed E-state index contributed by atoms with van der Waals surface area (Å²) in [4.78, 5) is 11.4. The predicted octanol–water partition coefficient (Wildman–Crippen LogP) is 2.74. The van der Waals surface area contributed by atoms with E-state index in [2.05, 4.69) is 0 Å². The highest BCUT2D eigenvalue weighted by Gasteiger charge is 2.37. The van der Waals surface area contributed by atoms with Crippen molar-refractivity contribution in [3.05, 3.63) is 35.4 Å². The average Bonchev–Trinajstić information content (AvgIpc) is 2.18. The second kappa shape index (κ2) is 4.43. The van der Waals surface area contributed by atoms with Crippen molar-refractivity contribution in [2.24, 2.45) is 0 Å². The van der Waals surface area contributed by atoms with E-state index in [1.165, 1.54) is 6.92 Å². The fourth-order valence-electron chi connectivity index (χ4n) is 1.48. The monoisotopic (exact) mass is 210 g/mol. The second-order valence-corrected chi connectivity index (χ2v) is 3.54. The number of aryl methyl sites for hydroxylation is 1. The van der Waals surface area contributed by atoms with E-state index in [4.69, 9.17) is 4.74 Å². The van der Waals surface area contributed by atoms with Crippen LogP contribution in [0.4, 0.5) is 4.39 Å². The molecule has 1 rings (SSSR count). The quantitative estimate of drug-likeness (QED) is 0.717. The van der Waals surface area contributed by atoms with E-state index in [1.54, 1.807) is 38.1 Å². The number of halogens is 1. The van der Waals surface area contributed by atoms with Crippen molar-refractivity contribution in [3.8, 4) is 0 Å². The minimum absolute atomic E-state index is 0.185. The molecule has 1 unspecified atom stereocenters. The SMILES string of the molecule is CCOC(=O)C(C)(F)c1ccccc1C. The largest absolute Gasteiger partial charge is 0.463 e. The summed E-state index contributed by atoms with van der Waals surface area (Å²) in [5.74, 6) is -0.834. The molecule has 2 nitrogen and oxygen atoms in total. The van der Waals surface area contributed by atoms with Crippen LogP contribution in [0.25, 0.3) is 0 Å². The normalized spacial score (nSPS) is 14.4. The molecule has 0 aromatic heterocycles. The van der Waals surface area contributed by atoms with Gasteiger partial charge in [-0.2, -0.15) is 0 Å². The van der Waals surface area contributed by atoms with Gasteiger partial charge in [-0.05, 0) is 26.3 Å². The summed E-state index contributed by atoms with van der Waals surface area (Å²) in [6, 6.07) is 6.89. The highest BCUT2D eigenvalue weighted by molar-refractivity contribution is 5.81. The number of benzene rings is 1. The Morgan fingerprint density at radius 1 is 1.47 bits per heavy atom. The number of hydrogen-bond acceptors (Lipinski definition) is 2. The third kappa shape index (κ3) is 2.35. The number of esters is 1. The summed E-state index contributed by atoms with van der Waals surface area (Å²) >= 11 is 0. The molecule has 0 fully saturated rings. The lowest BCUT2D eigenvalue weighted by atomic mass is 9.94. The average molecular weight is 210 g/mol. The Bertz CT molecular complexity index is 358. The number of carbonyl (C=O) groups excluding carboxylic acids is 1. The summed E-state index contributed by atoms with van der Waals surface area (Å²) in [7, 11) is 0. The van der Waals surface area contributed by atoms with Gasteiger partial charge in [0.25, 0.3) is 0 Å². The van der Waals surface area contributed by atoms with Gasteiger partial charge in [0.05, 0.1) is 6.61 Å². The van der Waals surface area contributed by atoms with Crippen LogP contribution >= 0.6 is 0 Å². The van der Waals surface area contributed by atoms with Crippen LogP contribution in [0, 0.1) is 6.92 Å². The Hall–Kier alpha value is -1.38. The molecular formula is C12H15FO2. The first-order chi connectivity index (χ1) is 7.00. The molecule has 0 spiro atoms. The third-order valence-electron chi connectivity index (χ3n) is 2.31. The Balaban J connectivity index is 3.05. The summed E-state index contributed by atoms with van der Waals surface area (Å²) in [5, 5.41) is 0. The Morgan fingerprint density at radius 2 is 2.07 bits per heavy atom. The van der Waals surface area contributed by atoms with Crippen LogP contribution < -0.4 is 0 Å². The van der Waals surface area contributed by atoms with Crippen molar-refractivity contribution >= 4 is 5.97 Å². The first kappa shape index (κ1) is 11.7. The molecule has 0 bridgehead atoms. The fourth-order valence-corrected chi connectivity index (χ4v) is 1.48. The molecule has 1 atom stereocenters. The molecule has 0 saturated carbocycles. The number of alkyl halides is 1. The standard InChI is InChI=1S/C12H15FO2/c1-4-15-11(14)12(3,13)10-8-6-5-7-9(10)2/h5-8H,4H2,1-3H3. The second-order valence-electron chi connectivity index (χ2n) is 3.54. The lowest BCUT2D eigenvalue weighted by molar-refractivity contribution is -0.156. The van der Waals surface area contributed by atoms with Gasteiger partial charge in [-0.1, -0.05) is 24.3 Å². The highest BCUT2D eigenvalue weighted by atomic mass is 19.1. The van der Waals surface area contributed by atoms with Crippen molar-refractivity contribution in [1.82, 2.24) is 0 Å². The van der Waals surface area contributed by atoms with Crippen LogP contribution in [0.3, 0.4) is 0 Å². The van der Waals surface area contributed by atoms with Gasteiger partial charge < -0.3 is 4.74 Å². The van der Waals surface area contributed by atoms with Crippen LogP contribution in [0.5, 0.6) is 0 Å². The molecule has 0 saturated heterocycles. The third-order valence-corrected chi connectivity index (χ3v) is 2.31. The minimum Gasteiger partial charge on any atom is -0.463 e. The van der Waals surface area contributed by atoms with Gasteiger partial charge in [-0.3, -0.25) is 0 Å². The molecule has 82 valence electrons. The van der Waals surface area contributed by atoms with Crippen LogP contribution in [0.2, 0.25) is 0 Å². The number of rotatable bonds is 3. The lowest BCUT2D eigenvalue weighted by Crippen LogP contribution is -2.30. The molecule has 0 N–H and O–H groups in total. The van der Waals surface area contributed by atoms with Crippen molar-refractivity contribution in [3.63, 3.8) is 0 Å². The Labute approximate surface area is 89.1 Å². The first-order valence-corrected chi connectivity index (χ1v) is 4.92. The van der Waals surface area contributed by atoms with E-state index < -0.39 is 11.6 Å². The molecule has 0 heterocycles. The van der Waals surface area contributed by atoms with Gasteiger partial charge in [0.2, 0.25) is 5.67 Å². The van der Waals surface area contributed by atoms with Gasteiger partial charge in [0, 0.05) is 5.56 Å². The molecule has 0 aliphatic carbocycles. The maximum absolute atomic E-state index is 14.2. The Morgan fingerprint density at radius 3 is 2.60 bits per heavy atom. The van der Waals surface area contributed by atoms with E-state index >= 15 is 0 Å². The van der Waals surface area contributed by atoms with Crippen molar-refractivity contribution < 1.29 is 13.9 Å². The zero-order valence-electron chi connectivity index (χ0n) is 9.21. The molecule has 1 aromatic rings. The van der Waals surface area contributed by atoms with Gasteiger partial charge >= 0.3 is 5.97 Å². The van der Waals surface area contributed by atoms with E-state index in [0.29, 0.717) is 5.56 Å². The molecule has 3 heteroatoms. The minimum atomic E-state index is -2.07. The van der Waals surface area contributed by atoms with Crippen LogP contribution in [0.1, 0.15) is 25.0 Å². The zero-order valence-corrected chi connectivity index (χ0v) is 9.21. The number of hydrogen-bond donors (Lipinski definition) is 0. The first-order valence-electron chi connectivity index (χ1n) is 4.92. The van der Waals surface area contributed by atoms with E-state index in [0.717, 1.165) is 5.56 Å². The van der Waals surface area contributed by atoms with Crippen molar-refractivity contribution in [2.45, 2.75) is 26.4 Å². The maximum atomic E-state index is 14.2.